The van der Waals surface area contributed by atoms with E-state index in [9.17, 15) is 4.79 Å². The van der Waals surface area contributed by atoms with Crippen molar-refractivity contribution >= 4 is 17.0 Å². The minimum atomic E-state index is -0.175. The van der Waals surface area contributed by atoms with Gasteiger partial charge in [0.05, 0.1) is 18.3 Å². The van der Waals surface area contributed by atoms with Crippen molar-refractivity contribution < 1.29 is 9.53 Å². The Balaban J connectivity index is 1.77. The van der Waals surface area contributed by atoms with Gasteiger partial charge in [0, 0.05) is 37.4 Å². The molecule has 130 valence electrons. The van der Waals surface area contributed by atoms with Crippen molar-refractivity contribution in [3.8, 4) is 0 Å². The van der Waals surface area contributed by atoms with E-state index in [1.54, 1.807) is 0 Å². The number of fused-ring (bicyclic) bond motifs is 1. The Hall–Kier alpha value is -2.04. The van der Waals surface area contributed by atoms with Gasteiger partial charge in [0.15, 0.2) is 0 Å². The molecule has 5 heteroatoms. The molecule has 0 atom stereocenters. The zero-order valence-corrected chi connectivity index (χ0v) is 14.7. The molecule has 1 aliphatic heterocycles. The van der Waals surface area contributed by atoms with Gasteiger partial charge in [-0.3, -0.25) is 4.98 Å². The standard InChI is InChI=1S/C19H27N3O2/c1-3-5-10-22-14-17(16-6-9-20-13-18(16)22)15-7-11-21(12-8-15)19(23)24-4-2/h6,9,13-15H,3-5,7-8,10-12H2,1-2H3. The van der Waals surface area contributed by atoms with Gasteiger partial charge in [-0.2, -0.15) is 0 Å². The molecule has 0 saturated carbocycles. The number of piperidine rings is 1. The number of nitrogens with zero attached hydrogens (tertiary/aromatic N) is 3. The van der Waals surface area contributed by atoms with Gasteiger partial charge in [-0.15, -0.1) is 0 Å². The number of aromatic nitrogens is 2. The first-order chi connectivity index (χ1) is 11.7. The third-order valence-electron chi connectivity index (χ3n) is 4.93. The van der Waals surface area contributed by atoms with E-state index < -0.39 is 0 Å². The second-order valence-corrected chi connectivity index (χ2v) is 6.48. The summed E-state index contributed by atoms with van der Waals surface area (Å²) in [5.74, 6) is 0.503. The van der Waals surface area contributed by atoms with E-state index in [2.05, 4.69) is 28.7 Å². The van der Waals surface area contributed by atoms with Crippen LogP contribution in [0.4, 0.5) is 4.79 Å². The first-order valence-corrected chi connectivity index (χ1v) is 9.09. The Labute approximate surface area is 143 Å². The van der Waals surface area contributed by atoms with Gasteiger partial charge in [0.25, 0.3) is 0 Å². The van der Waals surface area contributed by atoms with E-state index in [0.717, 1.165) is 32.5 Å². The molecule has 1 amide bonds. The summed E-state index contributed by atoms with van der Waals surface area (Å²) >= 11 is 0. The minimum absolute atomic E-state index is 0.175. The predicted molar refractivity (Wildman–Crippen MR) is 95.2 cm³/mol. The Morgan fingerprint density at radius 2 is 2.12 bits per heavy atom. The van der Waals surface area contributed by atoms with Crippen molar-refractivity contribution in [1.29, 1.82) is 0 Å². The predicted octanol–water partition coefficient (Wildman–Crippen LogP) is 4.17. The Morgan fingerprint density at radius 1 is 1.33 bits per heavy atom. The van der Waals surface area contributed by atoms with Gasteiger partial charge in [0.2, 0.25) is 0 Å². The summed E-state index contributed by atoms with van der Waals surface area (Å²) in [4.78, 5) is 18.0. The molecule has 3 rings (SSSR count). The maximum absolute atomic E-state index is 11.9. The third-order valence-corrected chi connectivity index (χ3v) is 4.93. The summed E-state index contributed by atoms with van der Waals surface area (Å²) in [6.45, 7) is 7.10. The summed E-state index contributed by atoms with van der Waals surface area (Å²) in [7, 11) is 0. The Morgan fingerprint density at radius 3 is 2.83 bits per heavy atom. The van der Waals surface area contributed by atoms with Gasteiger partial charge in [-0.1, -0.05) is 13.3 Å². The van der Waals surface area contributed by atoms with Crippen molar-refractivity contribution in [2.24, 2.45) is 0 Å². The quantitative estimate of drug-likeness (QED) is 0.827. The second kappa shape index (κ2) is 7.69. The van der Waals surface area contributed by atoms with Crippen LogP contribution in [0.15, 0.2) is 24.7 Å². The third kappa shape index (κ3) is 3.40. The average Bonchev–Trinajstić information content (AvgIpc) is 2.99. The van der Waals surface area contributed by atoms with Gasteiger partial charge in [0.1, 0.15) is 0 Å². The molecule has 0 spiro atoms. The molecule has 0 radical (unpaired) electrons. The van der Waals surface area contributed by atoms with Crippen LogP contribution >= 0.6 is 0 Å². The average molecular weight is 329 g/mol. The van der Waals surface area contributed by atoms with Gasteiger partial charge in [-0.05, 0) is 43.7 Å². The highest BCUT2D eigenvalue weighted by Gasteiger charge is 2.26. The lowest BCUT2D eigenvalue weighted by atomic mass is 9.89. The van der Waals surface area contributed by atoms with E-state index in [0.29, 0.717) is 12.5 Å². The Bertz CT molecular complexity index is 687. The molecule has 1 fully saturated rings. The lowest BCUT2D eigenvalue weighted by Gasteiger charge is -2.31. The number of carbonyl (C=O) groups excluding carboxylic acids is 1. The summed E-state index contributed by atoms with van der Waals surface area (Å²) in [6.07, 6.45) is 10.3. The number of hydrogen-bond donors (Lipinski definition) is 0. The van der Waals surface area contributed by atoms with Crippen LogP contribution in [0, 0.1) is 0 Å². The molecular weight excluding hydrogens is 302 g/mol. The highest BCUT2D eigenvalue weighted by Crippen LogP contribution is 2.34. The fourth-order valence-corrected chi connectivity index (χ4v) is 3.59. The van der Waals surface area contributed by atoms with Crippen molar-refractivity contribution in [3.05, 3.63) is 30.2 Å². The Kier molecular flexibility index (Phi) is 5.38. The second-order valence-electron chi connectivity index (χ2n) is 6.48. The molecule has 1 saturated heterocycles. The van der Waals surface area contributed by atoms with Crippen LogP contribution in [-0.4, -0.2) is 40.2 Å². The number of likely N-dealkylation sites (tertiary alicyclic amines) is 1. The first-order valence-electron chi connectivity index (χ1n) is 9.09. The van der Waals surface area contributed by atoms with Crippen molar-refractivity contribution in [2.45, 2.75) is 52.0 Å². The van der Waals surface area contributed by atoms with Crippen LogP contribution in [-0.2, 0) is 11.3 Å². The molecule has 0 N–H and O–H groups in total. The minimum Gasteiger partial charge on any atom is -0.450 e. The lowest BCUT2D eigenvalue weighted by molar-refractivity contribution is 0.0971. The summed E-state index contributed by atoms with van der Waals surface area (Å²) in [5.41, 5.74) is 2.64. The van der Waals surface area contributed by atoms with Crippen molar-refractivity contribution in [2.75, 3.05) is 19.7 Å². The van der Waals surface area contributed by atoms with Crippen LogP contribution < -0.4 is 0 Å². The molecule has 0 aliphatic carbocycles. The number of aryl methyl sites for hydroxylation is 1. The number of rotatable bonds is 5. The van der Waals surface area contributed by atoms with Crippen LogP contribution in [0.25, 0.3) is 10.9 Å². The van der Waals surface area contributed by atoms with E-state index in [1.807, 2.05) is 24.2 Å². The monoisotopic (exact) mass is 329 g/mol. The molecule has 0 bridgehead atoms. The maximum Gasteiger partial charge on any atom is 0.409 e. The fourth-order valence-electron chi connectivity index (χ4n) is 3.59. The smallest absolute Gasteiger partial charge is 0.409 e. The fraction of sp³-hybridized carbons (Fsp3) is 0.579. The molecule has 2 aromatic heterocycles. The van der Waals surface area contributed by atoms with Gasteiger partial charge in [-0.25, -0.2) is 4.79 Å². The number of unbranched alkanes of at least 4 members (excludes halogenated alkanes) is 1. The lowest BCUT2D eigenvalue weighted by Crippen LogP contribution is -2.38. The SMILES string of the molecule is CCCCn1cc(C2CCN(C(=O)OCC)CC2)c2ccncc21. The maximum atomic E-state index is 11.9. The molecule has 5 nitrogen and oxygen atoms in total. The van der Waals surface area contributed by atoms with Crippen molar-refractivity contribution in [3.63, 3.8) is 0 Å². The molecule has 24 heavy (non-hydrogen) atoms. The first kappa shape index (κ1) is 16.8. The van der Waals surface area contributed by atoms with E-state index in [1.165, 1.54) is 29.3 Å². The zero-order chi connectivity index (χ0) is 16.9. The number of carbonyl (C=O) groups is 1. The molecule has 2 aromatic rings. The van der Waals surface area contributed by atoms with Gasteiger partial charge >= 0.3 is 6.09 Å². The largest absolute Gasteiger partial charge is 0.450 e. The topological polar surface area (TPSA) is 47.4 Å². The molecule has 0 unspecified atom stereocenters. The zero-order valence-electron chi connectivity index (χ0n) is 14.7. The highest BCUT2D eigenvalue weighted by molar-refractivity contribution is 5.83. The molecule has 3 heterocycles. The van der Waals surface area contributed by atoms with Gasteiger partial charge < -0.3 is 14.2 Å². The van der Waals surface area contributed by atoms with Crippen molar-refractivity contribution in [1.82, 2.24) is 14.5 Å². The molecule has 0 aromatic carbocycles. The number of amides is 1. The van der Waals surface area contributed by atoms with Crippen LogP contribution in [0.2, 0.25) is 0 Å². The number of hydrogen-bond acceptors (Lipinski definition) is 3. The van der Waals surface area contributed by atoms with Crippen LogP contribution in [0.1, 0.15) is 51.0 Å². The molecular formula is C19H27N3O2. The van der Waals surface area contributed by atoms with E-state index in [-0.39, 0.29) is 6.09 Å². The normalized spacial score (nSPS) is 15.8. The molecule has 1 aliphatic rings. The summed E-state index contributed by atoms with van der Waals surface area (Å²) in [5, 5.41) is 1.32. The summed E-state index contributed by atoms with van der Waals surface area (Å²) in [6, 6.07) is 2.13. The summed E-state index contributed by atoms with van der Waals surface area (Å²) < 4.78 is 7.46. The number of pyridine rings is 1. The van der Waals surface area contributed by atoms with E-state index >= 15 is 0 Å². The van der Waals surface area contributed by atoms with Crippen LogP contribution in [0.3, 0.4) is 0 Å². The van der Waals surface area contributed by atoms with Crippen LogP contribution in [0.5, 0.6) is 0 Å². The van der Waals surface area contributed by atoms with E-state index in [4.69, 9.17) is 4.74 Å². The highest BCUT2D eigenvalue weighted by atomic mass is 16.6. The number of ether oxygens (including phenoxy) is 1.